The summed E-state index contributed by atoms with van der Waals surface area (Å²) >= 11 is 3.32. The molecule has 0 saturated carbocycles. The number of anilines is 1. The number of hydrogen-bond acceptors (Lipinski definition) is 2. The lowest BCUT2D eigenvalue weighted by Gasteiger charge is -2.07. The average Bonchev–Trinajstić information content (AvgIpc) is 2.68. The Labute approximate surface area is 101 Å². The van der Waals surface area contributed by atoms with Gasteiger partial charge in [0.25, 0.3) is 5.91 Å². The number of carbonyl (C=O) groups is 1. The summed E-state index contributed by atoms with van der Waals surface area (Å²) in [6.07, 6.45) is 5.10. The molecule has 0 aliphatic heterocycles. The van der Waals surface area contributed by atoms with Crippen LogP contribution in [0.5, 0.6) is 0 Å². The van der Waals surface area contributed by atoms with Crippen LogP contribution in [-0.2, 0) is 7.05 Å². The third-order valence-electron chi connectivity index (χ3n) is 2.20. The van der Waals surface area contributed by atoms with E-state index in [1.807, 2.05) is 19.3 Å². The van der Waals surface area contributed by atoms with E-state index in [0.29, 0.717) is 11.4 Å². The van der Waals surface area contributed by atoms with Gasteiger partial charge in [0, 0.05) is 25.6 Å². The Hall–Kier alpha value is -1.62. The van der Waals surface area contributed by atoms with Gasteiger partial charge in [-0.1, -0.05) is 0 Å². The molecule has 16 heavy (non-hydrogen) atoms. The largest absolute Gasteiger partial charge is 0.347 e. The van der Waals surface area contributed by atoms with Crippen LogP contribution in [0.3, 0.4) is 0 Å². The molecule has 5 heteroatoms. The van der Waals surface area contributed by atoms with Crippen molar-refractivity contribution in [2.75, 3.05) is 5.32 Å². The average molecular weight is 280 g/mol. The van der Waals surface area contributed by atoms with E-state index in [9.17, 15) is 4.79 Å². The number of carbonyl (C=O) groups excluding carboxylic acids is 1. The molecule has 0 spiro atoms. The minimum absolute atomic E-state index is 0.139. The predicted octanol–water partition coefficient (Wildman–Crippen LogP) is 2.43. The van der Waals surface area contributed by atoms with Crippen molar-refractivity contribution in [2.45, 2.75) is 0 Å². The number of amides is 1. The number of pyridine rings is 1. The van der Waals surface area contributed by atoms with Crippen LogP contribution >= 0.6 is 15.9 Å². The molecule has 0 aliphatic rings. The van der Waals surface area contributed by atoms with Crippen molar-refractivity contribution in [1.82, 2.24) is 9.55 Å². The highest BCUT2D eigenvalue weighted by Crippen LogP contribution is 2.20. The Bertz CT molecular complexity index is 521. The van der Waals surface area contributed by atoms with Crippen LogP contribution in [0.15, 0.2) is 41.3 Å². The van der Waals surface area contributed by atoms with Crippen molar-refractivity contribution in [2.24, 2.45) is 7.05 Å². The molecule has 2 aromatic rings. The highest BCUT2D eigenvalue weighted by Gasteiger charge is 2.10. The molecule has 2 heterocycles. The van der Waals surface area contributed by atoms with Gasteiger partial charge >= 0.3 is 0 Å². The molecule has 0 unspecified atom stereocenters. The standard InChI is InChI=1S/C11H10BrN3O/c1-15-6-2-3-10(15)11(16)14-9-4-5-13-7-8(9)12/h2-7H,1H3,(H,13,14,16). The molecular formula is C11H10BrN3O. The molecule has 2 rings (SSSR count). The van der Waals surface area contributed by atoms with Crippen LogP contribution in [0.1, 0.15) is 10.5 Å². The first-order valence-corrected chi connectivity index (χ1v) is 5.50. The van der Waals surface area contributed by atoms with E-state index in [1.54, 1.807) is 29.1 Å². The first-order valence-electron chi connectivity index (χ1n) is 4.70. The molecule has 1 amide bonds. The lowest BCUT2D eigenvalue weighted by molar-refractivity contribution is 0.101. The summed E-state index contributed by atoms with van der Waals surface area (Å²) in [6.45, 7) is 0. The summed E-state index contributed by atoms with van der Waals surface area (Å²) in [4.78, 5) is 15.8. The van der Waals surface area contributed by atoms with E-state index in [-0.39, 0.29) is 5.91 Å². The summed E-state index contributed by atoms with van der Waals surface area (Å²) in [5, 5.41) is 2.81. The molecule has 0 aromatic carbocycles. The van der Waals surface area contributed by atoms with Gasteiger partial charge in [-0.25, -0.2) is 0 Å². The van der Waals surface area contributed by atoms with Crippen molar-refractivity contribution < 1.29 is 4.79 Å². The van der Waals surface area contributed by atoms with Gasteiger partial charge in [-0.3, -0.25) is 9.78 Å². The number of rotatable bonds is 2. The van der Waals surface area contributed by atoms with Gasteiger partial charge in [0.1, 0.15) is 5.69 Å². The quantitative estimate of drug-likeness (QED) is 0.918. The zero-order chi connectivity index (χ0) is 11.5. The van der Waals surface area contributed by atoms with Crippen LogP contribution in [-0.4, -0.2) is 15.5 Å². The van der Waals surface area contributed by atoms with E-state index in [0.717, 1.165) is 4.47 Å². The van der Waals surface area contributed by atoms with Crippen molar-refractivity contribution >= 4 is 27.5 Å². The van der Waals surface area contributed by atoms with Gasteiger partial charge < -0.3 is 9.88 Å². The Morgan fingerprint density at radius 3 is 2.94 bits per heavy atom. The number of halogens is 1. The highest BCUT2D eigenvalue weighted by atomic mass is 79.9. The van der Waals surface area contributed by atoms with E-state index in [4.69, 9.17) is 0 Å². The van der Waals surface area contributed by atoms with Gasteiger partial charge in [0.05, 0.1) is 10.2 Å². The number of hydrogen-bond donors (Lipinski definition) is 1. The summed E-state index contributed by atoms with van der Waals surface area (Å²) in [5.41, 5.74) is 1.32. The lowest BCUT2D eigenvalue weighted by Crippen LogP contribution is -2.15. The van der Waals surface area contributed by atoms with Crippen molar-refractivity contribution in [3.63, 3.8) is 0 Å². The Morgan fingerprint density at radius 1 is 1.50 bits per heavy atom. The molecule has 1 N–H and O–H groups in total. The predicted molar refractivity (Wildman–Crippen MR) is 65.3 cm³/mol. The monoisotopic (exact) mass is 279 g/mol. The maximum Gasteiger partial charge on any atom is 0.272 e. The fourth-order valence-corrected chi connectivity index (χ4v) is 1.71. The highest BCUT2D eigenvalue weighted by molar-refractivity contribution is 9.10. The maximum absolute atomic E-state index is 11.9. The third kappa shape index (κ3) is 2.14. The molecule has 0 radical (unpaired) electrons. The molecule has 0 saturated heterocycles. The van der Waals surface area contributed by atoms with E-state index in [2.05, 4.69) is 26.2 Å². The van der Waals surface area contributed by atoms with Crippen LogP contribution in [0.4, 0.5) is 5.69 Å². The minimum atomic E-state index is -0.139. The van der Waals surface area contributed by atoms with Crippen molar-refractivity contribution in [1.29, 1.82) is 0 Å². The third-order valence-corrected chi connectivity index (χ3v) is 2.83. The molecular weight excluding hydrogens is 270 g/mol. The fraction of sp³-hybridized carbons (Fsp3) is 0.0909. The molecule has 0 aliphatic carbocycles. The Morgan fingerprint density at radius 2 is 2.31 bits per heavy atom. The fourth-order valence-electron chi connectivity index (χ4n) is 1.36. The van der Waals surface area contributed by atoms with Gasteiger partial charge in [-0.15, -0.1) is 0 Å². The van der Waals surface area contributed by atoms with Gasteiger partial charge in [-0.05, 0) is 34.1 Å². The normalized spacial score (nSPS) is 10.1. The van der Waals surface area contributed by atoms with Crippen LogP contribution in [0.2, 0.25) is 0 Å². The summed E-state index contributed by atoms with van der Waals surface area (Å²) in [5.74, 6) is -0.139. The number of aryl methyl sites for hydroxylation is 1. The SMILES string of the molecule is Cn1cccc1C(=O)Nc1ccncc1Br. The first-order chi connectivity index (χ1) is 7.68. The number of nitrogens with one attached hydrogen (secondary N) is 1. The number of nitrogens with zero attached hydrogens (tertiary/aromatic N) is 2. The summed E-state index contributed by atoms with van der Waals surface area (Å²) < 4.78 is 2.53. The first kappa shape index (κ1) is 10.9. The maximum atomic E-state index is 11.9. The van der Waals surface area contributed by atoms with E-state index >= 15 is 0 Å². The molecule has 0 fully saturated rings. The van der Waals surface area contributed by atoms with E-state index in [1.165, 1.54) is 0 Å². The topological polar surface area (TPSA) is 46.9 Å². The van der Waals surface area contributed by atoms with Gasteiger partial charge in [-0.2, -0.15) is 0 Å². The van der Waals surface area contributed by atoms with Crippen LogP contribution in [0.25, 0.3) is 0 Å². The van der Waals surface area contributed by atoms with Crippen molar-refractivity contribution in [3.05, 3.63) is 47.0 Å². The zero-order valence-electron chi connectivity index (χ0n) is 8.64. The zero-order valence-corrected chi connectivity index (χ0v) is 10.2. The van der Waals surface area contributed by atoms with Gasteiger partial charge in [0.15, 0.2) is 0 Å². The van der Waals surface area contributed by atoms with Crippen LogP contribution < -0.4 is 5.32 Å². The summed E-state index contributed by atoms with van der Waals surface area (Å²) in [7, 11) is 1.83. The molecule has 2 aromatic heterocycles. The summed E-state index contributed by atoms with van der Waals surface area (Å²) in [6, 6.07) is 5.34. The second-order valence-corrected chi connectivity index (χ2v) is 4.17. The molecule has 0 bridgehead atoms. The van der Waals surface area contributed by atoms with Gasteiger partial charge in [0.2, 0.25) is 0 Å². The molecule has 0 atom stereocenters. The molecule has 82 valence electrons. The van der Waals surface area contributed by atoms with E-state index < -0.39 is 0 Å². The smallest absolute Gasteiger partial charge is 0.272 e. The Kier molecular flexibility index (Phi) is 3.05. The second kappa shape index (κ2) is 4.49. The number of aromatic nitrogens is 2. The minimum Gasteiger partial charge on any atom is -0.347 e. The molecule has 4 nitrogen and oxygen atoms in total. The van der Waals surface area contributed by atoms with Crippen LogP contribution in [0, 0.1) is 0 Å². The Balaban J connectivity index is 2.21. The van der Waals surface area contributed by atoms with Crippen molar-refractivity contribution in [3.8, 4) is 0 Å². The second-order valence-electron chi connectivity index (χ2n) is 3.31. The lowest BCUT2D eigenvalue weighted by atomic mass is 10.3.